The number of allylic oxidation sites excluding steroid dienone is 2. The highest BCUT2D eigenvalue weighted by Crippen LogP contribution is 2.19. The van der Waals surface area contributed by atoms with E-state index in [-0.39, 0.29) is 36.2 Å². The average Bonchev–Trinajstić information content (AvgIpc) is 3.22. The zero-order valence-corrected chi connectivity index (χ0v) is 18.8. The lowest BCUT2D eigenvalue weighted by atomic mass is 10.1. The predicted molar refractivity (Wildman–Crippen MR) is 112 cm³/mol. The van der Waals surface area contributed by atoms with E-state index < -0.39 is 0 Å². The van der Waals surface area contributed by atoms with Crippen LogP contribution >= 0.6 is 24.0 Å². The number of aliphatic hydroxyl groups is 1. The number of rotatable bonds is 7. The van der Waals surface area contributed by atoms with Gasteiger partial charge >= 0.3 is 0 Å². The van der Waals surface area contributed by atoms with E-state index >= 15 is 0 Å². The maximum Gasteiger partial charge on any atom is 0.114 e. The number of halogens is 1. The van der Waals surface area contributed by atoms with Crippen molar-refractivity contribution in [3.8, 4) is 0 Å². The molecule has 0 spiro atoms. The van der Waals surface area contributed by atoms with Crippen molar-refractivity contribution in [2.24, 2.45) is 5.92 Å². The van der Waals surface area contributed by atoms with Crippen molar-refractivity contribution in [3.63, 3.8) is 0 Å². The van der Waals surface area contributed by atoms with Crippen molar-refractivity contribution in [1.82, 2.24) is 0 Å². The Kier molecular flexibility index (Phi) is 17.1. The van der Waals surface area contributed by atoms with Gasteiger partial charge in [0.1, 0.15) is 6.61 Å². The zero-order chi connectivity index (χ0) is 18.5. The van der Waals surface area contributed by atoms with E-state index in [1.165, 1.54) is 0 Å². The van der Waals surface area contributed by atoms with Crippen LogP contribution in [-0.2, 0) is 18.9 Å². The van der Waals surface area contributed by atoms with Gasteiger partial charge in [0.2, 0.25) is 0 Å². The summed E-state index contributed by atoms with van der Waals surface area (Å²) in [5.74, 6) is 2.37. The van der Waals surface area contributed by atoms with E-state index in [9.17, 15) is 0 Å². The summed E-state index contributed by atoms with van der Waals surface area (Å²) in [7, 11) is 1.65. The molecule has 0 aromatic heterocycles. The Morgan fingerprint density at radius 3 is 2.16 bits per heavy atom. The Labute approximate surface area is 170 Å². The number of epoxide rings is 1. The van der Waals surface area contributed by atoms with Gasteiger partial charge in [-0.05, 0) is 33.1 Å². The third kappa shape index (κ3) is 19.9. The van der Waals surface area contributed by atoms with Crippen LogP contribution in [0.2, 0.25) is 0 Å². The third-order valence-corrected chi connectivity index (χ3v) is 3.41. The molecule has 2 fully saturated rings. The summed E-state index contributed by atoms with van der Waals surface area (Å²) in [4.78, 5) is 0. The Bertz CT molecular complexity index is 356. The lowest BCUT2D eigenvalue weighted by molar-refractivity contribution is 0.0419. The SMILES string of the molecule is C=C(CCC(C)O)OCC(C)OC.C=C1CC(C)CO1.CC1CO1.I. The van der Waals surface area contributed by atoms with Crippen LogP contribution in [0.4, 0.5) is 0 Å². The molecule has 0 radical (unpaired) electrons. The zero-order valence-electron chi connectivity index (χ0n) is 16.5. The molecule has 2 aliphatic rings. The first-order chi connectivity index (χ1) is 11.2. The topological polar surface area (TPSA) is 60.5 Å². The number of hydrogen-bond donors (Lipinski definition) is 1. The fourth-order valence-electron chi connectivity index (χ4n) is 1.61. The van der Waals surface area contributed by atoms with Crippen molar-refractivity contribution in [1.29, 1.82) is 0 Å². The molecular weight excluding hydrogens is 435 g/mol. The van der Waals surface area contributed by atoms with Crippen LogP contribution in [0.3, 0.4) is 0 Å². The summed E-state index contributed by atoms with van der Waals surface area (Å²) in [6.07, 6.45) is 2.83. The lowest BCUT2D eigenvalue weighted by Gasteiger charge is -2.13. The fraction of sp³-hybridized carbons (Fsp3) is 0.789. The minimum Gasteiger partial charge on any atom is -0.498 e. The molecule has 2 rings (SSSR count). The summed E-state index contributed by atoms with van der Waals surface area (Å²) >= 11 is 0. The molecular formula is C19H37IO5. The van der Waals surface area contributed by atoms with E-state index in [1.54, 1.807) is 14.0 Å². The number of methoxy groups -OCH3 is 1. The standard InChI is InChI=1S/C10H20O3.C6H10O.C3H6O.HI/c1-8(11)5-6-9(2)13-7-10(3)12-4;1-5-3-6(2)7-4-5;1-3-2-4-3;/h8,10-11H,2,5-7H2,1,3-4H3;5H,2-4H2,1H3;3H,2H2,1H3;1H. The summed E-state index contributed by atoms with van der Waals surface area (Å²) in [6, 6.07) is 0. The van der Waals surface area contributed by atoms with Gasteiger partial charge in [0.15, 0.2) is 0 Å². The monoisotopic (exact) mass is 472 g/mol. The molecule has 4 atom stereocenters. The van der Waals surface area contributed by atoms with Crippen LogP contribution in [0.25, 0.3) is 0 Å². The molecule has 4 unspecified atom stereocenters. The Morgan fingerprint density at radius 2 is 1.88 bits per heavy atom. The van der Waals surface area contributed by atoms with Crippen molar-refractivity contribution in [3.05, 3.63) is 24.7 Å². The second-order valence-electron chi connectivity index (χ2n) is 6.59. The summed E-state index contributed by atoms with van der Waals surface area (Å²) in [5, 5.41) is 9.00. The Balaban J connectivity index is 0. The summed E-state index contributed by atoms with van der Waals surface area (Å²) in [6.45, 7) is 17.7. The van der Waals surface area contributed by atoms with E-state index in [1.807, 2.05) is 6.92 Å². The first-order valence-electron chi connectivity index (χ1n) is 8.68. The number of hydrogen-bond acceptors (Lipinski definition) is 5. The molecule has 0 amide bonds. The van der Waals surface area contributed by atoms with Gasteiger partial charge in [-0.1, -0.05) is 20.1 Å². The van der Waals surface area contributed by atoms with Gasteiger partial charge < -0.3 is 24.1 Å². The van der Waals surface area contributed by atoms with E-state index in [0.29, 0.717) is 37.2 Å². The van der Waals surface area contributed by atoms with Gasteiger partial charge in [-0.25, -0.2) is 0 Å². The highest BCUT2D eigenvalue weighted by atomic mass is 127. The minimum atomic E-state index is -0.291. The van der Waals surface area contributed by atoms with Crippen molar-refractivity contribution in [2.75, 3.05) is 26.9 Å². The molecule has 1 N–H and O–H groups in total. The molecule has 0 aromatic rings. The molecule has 150 valence electrons. The highest BCUT2D eigenvalue weighted by molar-refractivity contribution is 14.0. The van der Waals surface area contributed by atoms with E-state index in [4.69, 9.17) is 24.1 Å². The Hall–Kier alpha value is -0.310. The smallest absolute Gasteiger partial charge is 0.114 e. The molecule has 0 bridgehead atoms. The maximum absolute atomic E-state index is 9.00. The van der Waals surface area contributed by atoms with Crippen molar-refractivity contribution >= 4 is 24.0 Å². The largest absolute Gasteiger partial charge is 0.498 e. The summed E-state index contributed by atoms with van der Waals surface area (Å²) < 4.78 is 20.1. The molecule has 0 aromatic carbocycles. The van der Waals surface area contributed by atoms with Crippen molar-refractivity contribution in [2.45, 2.75) is 65.3 Å². The molecule has 2 aliphatic heterocycles. The van der Waals surface area contributed by atoms with Crippen LogP contribution in [0.1, 0.15) is 47.0 Å². The van der Waals surface area contributed by atoms with Crippen LogP contribution < -0.4 is 0 Å². The molecule has 0 saturated carbocycles. The average molecular weight is 472 g/mol. The lowest BCUT2D eigenvalue weighted by Crippen LogP contribution is -2.13. The molecule has 0 aliphatic carbocycles. The molecule has 2 heterocycles. The third-order valence-electron chi connectivity index (χ3n) is 3.41. The number of aliphatic hydroxyl groups excluding tert-OH is 1. The van der Waals surface area contributed by atoms with Crippen LogP contribution in [0, 0.1) is 5.92 Å². The minimum absolute atomic E-state index is 0. The summed E-state index contributed by atoms with van der Waals surface area (Å²) in [5.41, 5.74) is 0. The predicted octanol–water partition coefficient (Wildman–Crippen LogP) is 4.29. The van der Waals surface area contributed by atoms with Crippen LogP contribution in [-0.4, -0.2) is 50.3 Å². The van der Waals surface area contributed by atoms with Gasteiger partial charge in [-0.15, -0.1) is 24.0 Å². The Morgan fingerprint density at radius 1 is 1.32 bits per heavy atom. The number of ether oxygens (including phenoxy) is 4. The van der Waals surface area contributed by atoms with Gasteiger partial charge in [-0.2, -0.15) is 0 Å². The molecule has 5 nitrogen and oxygen atoms in total. The van der Waals surface area contributed by atoms with Gasteiger partial charge in [-0.3, -0.25) is 0 Å². The normalized spacial score (nSPS) is 22.7. The first kappa shape index (κ1) is 26.9. The van der Waals surface area contributed by atoms with E-state index in [2.05, 4.69) is 27.0 Å². The van der Waals surface area contributed by atoms with Gasteiger partial charge in [0, 0.05) is 20.0 Å². The molecule has 6 heteroatoms. The van der Waals surface area contributed by atoms with Crippen LogP contribution in [0.15, 0.2) is 24.7 Å². The first-order valence-corrected chi connectivity index (χ1v) is 8.68. The molecule has 25 heavy (non-hydrogen) atoms. The highest BCUT2D eigenvalue weighted by Gasteiger charge is 2.13. The van der Waals surface area contributed by atoms with Crippen LogP contribution in [0.5, 0.6) is 0 Å². The fourth-order valence-corrected chi connectivity index (χ4v) is 1.61. The van der Waals surface area contributed by atoms with Gasteiger partial charge in [0.05, 0.1) is 43.0 Å². The second-order valence-corrected chi connectivity index (χ2v) is 6.59. The van der Waals surface area contributed by atoms with E-state index in [0.717, 1.165) is 25.4 Å². The quantitative estimate of drug-likeness (QED) is 0.340. The van der Waals surface area contributed by atoms with Crippen molar-refractivity contribution < 1.29 is 24.1 Å². The van der Waals surface area contributed by atoms with Gasteiger partial charge in [0.25, 0.3) is 0 Å². The molecule has 2 saturated heterocycles. The maximum atomic E-state index is 9.00. The second kappa shape index (κ2) is 15.9.